The fourth-order valence-corrected chi connectivity index (χ4v) is 0.318. The number of rotatable bonds is 4. The summed E-state index contributed by atoms with van der Waals surface area (Å²) in [6.45, 7) is 2.06. The molecular formula is C5H13N3. The average molecular weight is 115 g/mol. The highest BCUT2D eigenvalue weighted by atomic mass is 14.8. The Bertz CT molecular complexity index is 60.7. The van der Waals surface area contributed by atoms with Gasteiger partial charge in [-0.2, -0.15) is 0 Å². The summed E-state index contributed by atoms with van der Waals surface area (Å²) in [6.07, 6.45) is 3.66. The average Bonchev–Trinajstić information content (AvgIpc) is 1.81. The van der Waals surface area contributed by atoms with Gasteiger partial charge in [-0.05, 0) is 6.20 Å². The van der Waals surface area contributed by atoms with E-state index in [-0.39, 0.29) is 0 Å². The minimum Gasteiger partial charge on any atom is -0.390 e. The second kappa shape index (κ2) is 6.46. The van der Waals surface area contributed by atoms with Crippen LogP contribution in [-0.2, 0) is 0 Å². The molecule has 0 bridgehead atoms. The molecule has 0 rings (SSSR count). The fourth-order valence-electron chi connectivity index (χ4n) is 0.318. The molecule has 0 atom stereocenters. The summed E-state index contributed by atoms with van der Waals surface area (Å²) in [6, 6.07) is 0. The van der Waals surface area contributed by atoms with Crippen LogP contribution in [0.5, 0.6) is 0 Å². The molecular weight excluding hydrogens is 102 g/mol. The second-order valence-corrected chi connectivity index (χ2v) is 1.38. The topological polar surface area (TPSA) is 64.1 Å². The quantitative estimate of drug-likeness (QED) is 0.412. The lowest BCUT2D eigenvalue weighted by Gasteiger charge is -1.92. The number of nitrogens with one attached hydrogen (secondary N) is 1. The van der Waals surface area contributed by atoms with Crippen molar-refractivity contribution in [3.8, 4) is 0 Å². The van der Waals surface area contributed by atoms with Gasteiger partial charge in [-0.15, -0.1) is 0 Å². The maximum absolute atomic E-state index is 5.18. The molecule has 3 heteroatoms. The Morgan fingerprint density at radius 1 is 1.38 bits per heavy atom. The van der Waals surface area contributed by atoms with Crippen molar-refractivity contribution >= 4 is 0 Å². The lowest BCUT2D eigenvalue weighted by molar-refractivity contribution is 0.839. The van der Waals surface area contributed by atoms with Crippen molar-refractivity contribution in [1.29, 1.82) is 0 Å². The van der Waals surface area contributed by atoms with Crippen LogP contribution < -0.4 is 16.8 Å². The highest BCUT2D eigenvalue weighted by molar-refractivity contribution is 4.79. The van der Waals surface area contributed by atoms with Gasteiger partial charge < -0.3 is 16.8 Å². The smallest absolute Gasteiger partial charge is 0.0264 e. The summed E-state index contributed by atoms with van der Waals surface area (Å²) < 4.78 is 0. The third kappa shape index (κ3) is 5.46. The standard InChI is InChI=1S/C5H13N3/c6-2-1-4-8-5-3-7/h1,4,8H,2-3,5-7H2/b4-1-. The van der Waals surface area contributed by atoms with Crippen LogP contribution in [0.4, 0.5) is 0 Å². The molecule has 0 saturated heterocycles. The maximum Gasteiger partial charge on any atom is 0.0264 e. The molecule has 5 N–H and O–H groups in total. The van der Waals surface area contributed by atoms with Gasteiger partial charge in [0.05, 0.1) is 0 Å². The summed E-state index contributed by atoms with van der Waals surface area (Å²) in [4.78, 5) is 0. The van der Waals surface area contributed by atoms with Gasteiger partial charge in [0, 0.05) is 19.6 Å². The first-order valence-corrected chi connectivity index (χ1v) is 2.70. The summed E-state index contributed by atoms with van der Waals surface area (Å²) in [5.74, 6) is 0. The van der Waals surface area contributed by atoms with Crippen LogP contribution in [0.15, 0.2) is 12.3 Å². The summed E-state index contributed by atoms with van der Waals surface area (Å²) >= 11 is 0. The Morgan fingerprint density at radius 3 is 2.62 bits per heavy atom. The number of nitrogens with two attached hydrogens (primary N) is 2. The zero-order valence-corrected chi connectivity index (χ0v) is 4.93. The van der Waals surface area contributed by atoms with Crippen molar-refractivity contribution in [2.45, 2.75) is 0 Å². The van der Waals surface area contributed by atoms with E-state index in [9.17, 15) is 0 Å². The van der Waals surface area contributed by atoms with Gasteiger partial charge in [0.2, 0.25) is 0 Å². The van der Waals surface area contributed by atoms with E-state index in [2.05, 4.69) is 5.32 Å². The predicted octanol–water partition coefficient (Wildman–Crippen LogP) is -0.993. The molecule has 0 amide bonds. The van der Waals surface area contributed by atoms with Gasteiger partial charge in [-0.1, -0.05) is 6.08 Å². The Morgan fingerprint density at radius 2 is 2.12 bits per heavy atom. The molecule has 0 aromatic heterocycles. The van der Waals surface area contributed by atoms with Crippen LogP contribution in [0, 0.1) is 0 Å². The molecule has 0 aromatic carbocycles. The molecule has 0 saturated carbocycles. The zero-order chi connectivity index (χ0) is 6.24. The third-order valence-electron chi connectivity index (χ3n) is 0.660. The first-order valence-electron chi connectivity index (χ1n) is 2.70. The molecule has 0 heterocycles. The van der Waals surface area contributed by atoms with E-state index in [0.717, 1.165) is 6.54 Å². The van der Waals surface area contributed by atoms with Crippen LogP contribution in [0.25, 0.3) is 0 Å². The molecule has 0 aliphatic heterocycles. The summed E-state index contributed by atoms with van der Waals surface area (Å²) in [7, 11) is 0. The van der Waals surface area contributed by atoms with Crippen molar-refractivity contribution in [2.75, 3.05) is 19.6 Å². The Kier molecular flexibility index (Phi) is 6.02. The van der Waals surface area contributed by atoms with Crippen molar-refractivity contribution < 1.29 is 0 Å². The normalized spacial score (nSPS) is 10.2. The van der Waals surface area contributed by atoms with Gasteiger partial charge >= 0.3 is 0 Å². The van der Waals surface area contributed by atoms with Crippen LogP contribution in [0.2, 0.25) is 0 Å². The molecule has 3 nitrogen and oxygen atoms in total. The SMILES string of the molecule is NC/C=C\NCCN. The highest BCUT2D eigenvalue weighted by Gasteiger charge is 1.70. The zero-order valence-electron chi connectivity index (χ0n) is 4.93. The van der Waals surface area contributed by atoms with E-state index in [0.29, 0.717) is 13.1 Å². The predicted molar refractivity (Wildman–Crippen MR) is 35.3 cm³/mol. The van der Waals surface area contributed by atoms with E-state index in [1.54, 1.807) is 0 Å². The number of hydrogen-bond acceptors (Lipinski definition) is 3. The molecule has 0 unspecified atom stereocenters. The lowest BCUT2D eigenvalue weighted by Crippen LogP contribution is -2.17. The largest absolute Gasteiger partial charge is 0.390 e. The van der Waals surface area contributed by atoms with Crippen molar-refractivity contribution in [1.82, 2.24) is 5.32 Å². The van der Waals surface area contributed by atoms with E-state index < -0.39 is 0 Å². The Labute approximate surface area is 49.7 Å². The molecule has 0 radical (unpaired) electrons. The van der Waals surface area contributed by atoms with Gasteiger partial charge in [0.15, 0.2) is 0 Å². The molecule has 0 aliphatic rings. The van der Waals surface area contributed by atoms with Crippen LogP contribution in [-0.4, -0.2) is 19.6 Å². The molecule has 0 spiro atoms. The van der Waals surface area contributed by atoms with Gasteiger partial charge in [0.25, 0.3) is 0 Å². The second-order valence-electron chi connectivity index (χ2n) is 1.38. The minimum absolute atomic E-state index is 0.581. The van der Waals surface area contributed by atoms with Crippen molar-refractivity contribution in [3.05, 3.63) is 12.3 Å². The monoisotopic (exact) mass is 115 g/mol. The lowest BCUT2D eigenvalue weighted by atomic mass is 10.6. The Balaban J connectivity index is 2.80. The van der Waals surface area contributed by atoms with Crippen LogP contribution in [0.3, 0.4) is 0 Å². The van der Waals surface area contributed by atoms with Crippen molar-refractivity contribution in [3.63, 3.8) is 0 Å². The number of hydrogen-bond donors (Lipinski definition) is 3. The van der Waals surface area contributed by atoms with E-state index in [1.165, 1.54) is 0 Å². The van der Waals surface area contributed by atoms with Gasteiger partial charge in [0.1, 0.15) is 0 Å². The molecule has 0 aliphatic carbocycles. The van der Waals surface area contributed by atoms with Crippen LogP contribution in [0.1, 0.15) is 0 Å². The van der Waals surface area contributed by atoms with Gasteiger partial charge in [-0.3, -0.25) is 0 Å². The van der Waals surface area contributed by atoms with E-state index >= 15 is 0 Å². The van der Waals surface area contributed by atoms with Crippen molar-refractivity contribution in [2.24, 2.45) is 11.5 Å². The van der Waals surface area contributed by atoms with E-state index in [4.69, 9.17) is 11.5 Å². The maximum atomic E-state index is 5.18. The molecule has 48 valence electrons. The van der Waals surface area contributed by atoms with E-state index in [1.807, 2.05) is 12.3 Å². The molecule has 8 heavy (non-hydrogen) atoms. The molecule has 0 fully saturated rings. The first-order chi connectivity index (χ1) is 3.91. The summed E-state index contributed by atoms with van der Waals surface area (Å²) in [5, 5.41) is 2.95. The van der Waals surface area contributed by atoms with Crippen LogP contribution >= 0.6 is 0 Å². The van der Waals surface area contributed by atoms with Gasteiger partial charge in [-0.25, -0.2) is 0 Å². The Hall–Kier alpha value is -0.540. The fraction of sp³-hybridized carbons (Fsp3) is 0.600. The third-order valence-corrected chi connectivity index (χ3v) is 0.660. The molecule has 0 aromatic rings. The summed E-state index contributed by atoms with van der Waals surface area (Å²) in [5.41, 5.74) is 10.3. The minimum atomic E-state index is 0.581. The first kappa shape index (κ1) is 7.46. The highest BCUT2D eigenvalue weighted by Crippen LogP contribution is 1.59.